The van der Waals surface area contributed by atoms with Gasteiger partial charge in [-0.05, 0) is 31.1 Å². The summed E-state index contributed by atoms with van der Waals surface area (Å²) in [4.78, 5) is 4.11. The molecule has 1 aliphatic heterocycles. The average Bonchev–Trinajstić information content (AvgIpc) is 2.45. The summed E-state index contributed by atoms with van der Waals surface area (Å²) in [6.45, 7) is 0.377. The first-order valence-electron chi connectivity index (χ1n) is 6.65. The number of rotatable bonds is 4. The van der Waals surface area contributed by atoms with E-state index in [1.165, 1.54) is 18.2 Å². The molecule has 0 fully saturated rings. The van der Waals surface area contributed by atoms with Gasteiger partial charge in [0.2, 0.25) is 0 Å². The summed E-state index contributed by atoms with van der Waals surface area (Å²) < 4.78 is 45.6. The Morgan fingerprint density at radius 2 is 2.27 bits per heavy atom. The molecule has 1 unspecified atom stereocenters. The largest absolute Gasteiger partial charge is 0.573 e. The third kappa shape index (κ3) is 5.55. The molecule has 1 aromatic rings. The van der Waals surface area contributed by atoms with Crippen LogP contribution < -0.4 is 15.8 Å². The van der Waals surface area contributed by atoms with Gasteiger partial charge in [0.25, 0.3) is 0 Å². The Bertz CT molecular complexity index is 559. The molecular formula is C14H16F3N3O2. The number of nitrogens with one attached hydrogen (secondary N) is 1. The second-order valence-corrected chi connectivity index (χ2v) is 4.63. The second kappa shape index (κ2) is 7.06. The lowest BCUT2D eigenvalue weighted by Crippen LogP contribution is -2.26. The van der Waals surface area contributed by atoms with Crippen molar-refractivity contribution < 1.29 is 22.6 Å². The highest BCUT2D eigenvalue weighted by Crippen LogP contribution is 2.24. The molecule has 3 N–H and O–H groups in total. The lowest BCUT2D eigenvalue weighted by atomic mass is 10.2. The fourth-order valence-corrected chi connectivity index (χ4v) is 1.88. The quantitative estimate of drug-likeness (QED) is 0.662. The van der Waals surface area contributed by atoms with Gasteiger partial charge in [0.1, 0.15) is 11.9 Å². The molecule has 0 radical (unpaired) electrons. The van der Waals surface area contributed by atoms with E-state index in [9.17, 15) is 13.2 Å². The Morgan fingerprint density at radius 3 is 2.95 bits per heavy atom. The Morgan fingerprint density at radius 1 is 1.45 bits per heavy atom. The summed E-state index contributed by atoms with van der Waals surface area (Å²) in [5, 5.41) is 2.71. The smallest absolute Gasteiger partial charge is 0.496 e. The van der Waals surface area contributed by atoms with E-state index in [2.05, 4.69) is 15.0 Å². The van der Waals surface area contributed by atoms with E-state index < -0.39 is 6.36 Å². The molecule has 1 atom stereocenters. The number of halogens is 3. The van der Waals surface area contributed by atoms with Crippen molar-refractivity contribution >= 4 is 11.6 Å². The number of hydrogen-bond donors (Lipinski definition) is 2. The van der Waals surface area contributed by atoms with Crippen LogP contribution in [0.25, 0.3) is 0 Å². The maximum atomic E-state index is 12.2. The fraction of sp³-hybridized carbons (Fsp3) is 0.357. The standard InChI is InChI=1S/C14H16F3N3O2/c15-14(16,17)22-11-6-3-4-10(8-11)20-13(18)19-9-12-5-1-2-7-21-12/h2-4,6-8,12H,1,5,9H2,(H3,18,19,20). The topological polar surface area (TPSA) is 68.9 Å². The van der Waals surface area contributed by atoms with Crippen molar-refractivity contribution in [1.29, 1.82) is 0 Å². The Hall–Kier alpha value is -2.38. The van der Waals surface area contributed by atoms with Crippen LogP contribution >= 0.6 is 0 Å². The van der Waals surface area contributed by atoms with Crippen molar-refractivity contribution in [3.05, 3.63) is 36.6 Å². The highest BCUT2D eigenvalue weighted by atomic mass is 19.4. The molecule has 1 heterocycles. The Kier molecular flexibility index (Phi) is 5.13. The summed E-state index contributed by atoms with van der Waals surface area (Å²) in [5.41, 5.74) is 6.06. The number of hydrogen-bond acceptors (Lipinski definition) is 3. The van der Waals surface area contributed by atoms with Gasteiger partial charge in [-0.25, -0.2) is 4.99 Å². The van der Waals surface area contributed by atoms with E-state index >= 15 is 0 Å². The van der Waals surface area contributed by atoms with Crippen LogP contribution in [0.15, 0.2) is 41.6 Å². The molecule has 5 nitrogen and oxygen atoms in total. The third-order valence-electron chi connectivity index (χ3n) is 2.83. The second-order valence-electron chi connectivity index (χ2n) is 4.63. The molecule has 0 saturated heterocycles. The molecule has 8 heteroatoms. The Balaban J connectivity index is 1.91. The number of guanidine groups is 1. The average molecular weight is 315 g/mol. The van der Waals surface area contributed by atoms with Crippen molar-refractivity contribution in [1.82, 2.24) is 0 Å². The van der Waals surface area contributed by atoms with Gasteiger partial charge in [-0.15, -0.1) is 13.2 Å². The molecule has 0 saturated carbocycles. The number of alkyl halides is 3. The van der Waals surface area contributed by atoms with Crippen molar-refractivity contribution in [2.75, 3.05) is 11.9 Å². The maximum absolute atomic E-state index is 12.2. The molecule has 0 bridgehead atoms. The van der Waals surface area contributed by atoms with Crippen LogP contribution in [0.1, 0.15) is 12.8 Å². The predicted octanol–water partition coefficient (Wildman–Crippen LogP) is 3.00. The molecule has 1 aromatic carbocycles. The SMILES string of the molecule is NC(=NCC1CCC=CO1)Nc1cccc(OC(F)(F)F)c1. The van der Waals surface area contributed by atoms with E-state index in [-0.39, 0.29) is 17.8 Å². The normalized spacial score (nSPS) is 18.7. The minimum atomic E-state index is -4.73. The van der Waals surface area contributed by atoms with Gasteiger partial charge >= 0.3 is 6.36 Å². The lowest BCUT2D eigenvalue weighted by Gasteiger charge is -2.17. The third-order valence-corrected chi connectivity index (χ3v) is 2.83. The zero-order valence-corrected chi connectivity index (χ0v) is 11.6. The first-order chi connectivity index (χ1) is 10.4. The van der Waals surface area contributed by atoms with Gasteiger partial charge in [0.05, 0.1) is 12.8 Å². The highest BCUT2D eigenvalue weighted by molar-refractivity contribution is 5.92. The van der Waals surface area contributed by atoms with E-state index in [4.69, 9.17) is 10.5 Å². The first kappa shape index (κ1) is 16.0. The van der Waals surface area contributed by atoms with Gasteiger partial charge < -0.3 is 20.5 Å². The van der Waals surface area contributed by atoms with E-state index in [0.29, 0.717) is 12.2 Å². The molecule has 0 aromatic heterocycles. The van der Waals surface area contributed by atoms with Gasteiger partial charge in [0.15, 0.2) is 5.96 Å². The van der Waals surface area contributed by atoms with Crippen LogP contribution in [0.4, 0.5) is 18.9 Å². The van der Waals surface area contributed by atoms with E-state index in [0.717, 1.165) is 12.8 Å². The molecule has 2 rings (SSSR count). The van der Waals surface area contributed by atoms with E-state index in [1.807, 2.05) is 6.08 Å². The minimum Gasteiger partial charge on any atom is -0.496 e. The summed E-state index contributed by atoms with van der Waals surface area (Å²) in [6.07, 6.45) is 0.556. The number of anilines is 1. The van der Waals surface area contributed by atoms with Gasteiger partial charge in [-0.2, -0.15) is 0 Å². The first-order valence-corrected chi connectivity index (χ1v) is 6.65. The highest BCUT2D eigenvalue weighted by Gasteiger charge is 2.31. The maximum Gasteiger partial charge on any atom is 0.573 e. The number of aliphatic imine (C=N–C) groups is 1. The summed E-state index contributed by atoms with van der Waals surface area (Å²) in [6, 6.07) is 5.38. The fourth-order valence-electron chi connectivity index (χ4n) is 1.88. The van der Waals surface area contributed by atoms with Gasteiger partial charge in [-0.1, -0.05) is 6.07 Å². The molecule has 0 spiro atoms. The van der Waals surface area contributed by atoms with Crippen LogP contribution in [0.3, 0.4) is 0 Å². The van der Waals surface area contributed by atoms with E-state index in [1.54, 1.807) is 12.3 Å². The number of nitrogens with zero attached hydrogens (tertiary/aromatic N) is 1. The zero-order valence-electron chi connectivity index (χ0n) is 11.6. The van der Waals surface area contributed by atoms with Gasteiger partial charge in [0, 0.05) is 11.8 Å². The molecule has 0 aliphatic carbocycles. The van der Waals surface area contributed by atoms with Crippen molar-refractivity contribution in [3.63, 3.8) is 0 Å². The van der Waals surface area contributed by atoms with Crippen LogP contribution in [-0.2, 0) is 4.74 Å². The Labute approximate surface area is 125 Å². The summed E-state index contributed by atoms with van der Waals surface area (Å²) in [7, 11) is 0. The van der Waals surface area contributed by atoms with Crippen LogP contribution in [0, 0.1) is 0 Å². The van der Waals surface area contributed by atoms with Crippen LogP contribution in [0.2, 0.25) is 0 Å². The van der Waals surface area contributed by atoms with Crippen molar-refractivity contribution in [2.24, 2.45) is 10.7 Å². The predicted molar refractivity (Wildman–Crippen MR) is 76.5 cm³/mol. The molecule has 1 aliphatic rings. The van der Waals surface area contributed by atoms with Crippen LogP contribution in [0.5, 0.6) is 5.75 Å². The monoisotopic (exact) mass is 315 g/mol. The number of allylic oxidation sites excluding steroid dienone is 1. The molecule has 0 amide bonds. The summed E-state index contributed by atoms with van der Waals surface area (Å²) >= 11 is 0. The number of benzene rings is 1. The minimum absolute atomic E-state index is 0.0368. The number of ether oxygens (including phenoxy) is 2. The number of nitrogens with two attached hydrogens (primary N) is 1. The summed E-state index contributed by atoms with van der Waals surface area (Å²) in [5.74, 6) is -0.228. The van der Waals surface area contributed by atoms with Crippen LogP contribution in [-0.4, -0.2) is 25.0 Å². The lowest BCUT2D eigenvalue weighted by molar-refractivity contribution is -0.274. The molecule has 120 valence electrons. The molecular weight excluding hydrogens is 299 g/mol. The molecule has 22 heavy (non-hydrogen) atoms. The van der Waals surface area contributed by atoms with Gasteiger partial charge in [-0.3, -0.25) is 0 Å². The zero-order chi connectivity index (χ0) is 16.0. The van der Waals surface area contributed by atoms with Crippen molar-refractivity contribution in [2.45, 2.75) is 25.3 Å². The van der Waals surface area contributed by atoms with Crippen molar-refractivity contribution in [3.8, 4) is 5.75 Å².